The Labute approximate surface area is 90.4 Å². The molecule has 3 aromatic rings. The van der Waals surface area contributed by atoms with Crippen molar-refractivity contribution in [2.75, 3.05) is 0 Å². The summed E-state index contributed by atoms with van der Waals surface area (Å²) < 4.78 is 15.0. The summed E-state index contributed by atoms with van der Waals surface area (Å²) >= 11 is 0. The second kappa shape index (κ2) is 3.37. The van der Waals surface area contributed by atoms with Gasteiger partial charge < -0.3 is 0 Å². The van der Waals surface area contributed by atoms with E-state index in [1.165, 1.54) is 10.7 Å². The van der Waals surface area contributed by atoms with Crippen LogP contribution in [0, 0.1) is 5.82 Å². The number of benzene rings is 1. The van der Waals surface area contributed by atoms with Crippen molar-refractivity contribution in [3.8, 4) is 5.69 Å². The summed E-state index contributed by atoms with van der Waals surface area (Å²) in [5.74, 6) is -0.347. The van der Waals surface area contributed by atoms with E-state index in [2.05, 4.69) is 15.3 Å². The number of aromatic nitrogens is 4. The van der Waals surface area contributed by atoms with E-state index in [9.17, 15) is 4.39 Å². The van der Waals surface area contributed by atoms with Gasteiger partial charge in [0.1, 0.15) is 17.0 Å². The first-order valence-corrected chi connectivity index (χ1v) is 4.77. The Bertz CT molecular complexity index is 647. The normalized spacial score (nSPS) is 10.8. The Morgan fingerprint density at radius 3 is 2.81 bits per heavy atom. The van der Waals surface area contributed by atoms with Crippen molar-refractivity contribution in [1.82, 2.24) is 20.0 Å². The Morgan fingerprint density at radius 2 is 1.94 bits per heavy atom. The predicted octanol–water partition coefficient (Wildman–Crippen LogP) is 1.95. The van der Waals surface area contributed by atoms with Crippen LogP contribution in [0.2, 0.25) is 0 Å². The van der Waals surface area contributed by atoms with E-state index in [1.807, 2.05) is 0 Å². The molecule has 78 valence electrons. The first-order valence-electron chi connectivity index (χ1n) is 4.77. The highest BCUT2D eigenvalue weighted by Crippen LogP contribution is 2.16. The molecule has 3 rings (SSSR count). The van der Waals surface area contributed by atoms with Gasteiger partial charge in [0.2, 0.25) is 0 Å². The maximum absolute atomic E-state index is 13.6. The molecule has 0 radical (unpaired) electrons. The van der Waals surface area contributed by atoms with Gasteiger partial charge in [0.15, 0.2) is 5.65 Å². The maximum Gasteiger partial charge on any atom is 0.183 e. The SMILES string of the molecule is Fc1ccccc1-n1nnc2cccnc21. The zero-order chi connectivity index (χ0) is 11.0. The van der Waals surface area contributed by atoms with Crippen molar-refractivity contribution in [2.45, 2.75) is 0 Å². The highest BCUT2D eigenvalue weighted by molar-refractivity contribution is 5.71. The third kappa shape index (κ3) is 1.25. The van der Waals surface area contributed by atoms with E-state index in [1.54, 1.807) is 36.5 Å². The van der Waals surface area contributed by atoms with Crippen LogP contribution in [0.5, 0.6) is 0 Å². The minimum absolute atomic E-state index is 0.347. The molecule has 5 heteroatoms. The van der Waals surface area contributed by atoms with Crippen LogP contribution in [0.1, 0.15) is 0 Å². The zero-order valence-corrected chi connectivity index (χ0v) is 8.21. The van der Waals surface area contributed by atoms with Gasteiger partial charge in [-0.2, -0.15) is 4.68 Å². The van der Waals surface area contributed by atoms with Crippen LogP contribution in [0.3, 0.4) is 0 Å². The molecule has 0 spiro atoms. The topological polar surface area (TPSA) is 43.6 Å². The third-order valence-corrected chi connectivity index (χ3v) is 2.29. The van der Waals surface area contributed by atoms with Crippen LogP contribution in [0.25, 0.3) is 16.9 Å². The van der Waals surface area contributed by atoms with E-state index < -0.39 is 0 Å². The van der Waals surface area contributed by atoms with Crippen molar-refractivity contribution in [3.63, 3.8) is 0 Å². The Kier molecular flexibility index (Phi) is 1.89. The first-order chi connectivity index (χ1) is 7.86. The summed E-state index contributed by atoms with van der Waals surface area (Å²) in [6, 6.07) is 9.94. The van der Waals surface area contributed by atoms with Gasteiger partial charge in [-0.25, -0.2) is 9.37 Å². The van der Waals surface area contributed by atoms with Gasteiger partial charge in [0, 0.05) is 6.20 Å². The van der Waals surface area contributed by atoms with E-state index in [0.29, 0.717) is 16.9 Å². The van der Waals surface area contributed by atoms with Crippen LogP contribution in [-0.4, -0.2) is 20.0 Å². The van der Waals surface area contributed by atoms with Gasteiger partial charge in [-0.3, -0.25) is 0 Å². The van der Waals surface area contributed by atoms with Gasteiger partial charge >= 0.3 is 0 Å². The fourth-order valence-electron chi connectivity index (χ4n) is 1.55. The quantitative estimate of drug-likeness (QED) is 0.621. The number of halogens is 1. The molecule has 0 bridgehead atoms. The molecule has 4 nitrogen and oxygen atoms in total. The van der Waals surface area contributed by atoms with Gasteiger partial charge in [-0.1, -0.05) is 17.3 Å². The lowest BCUT2D eigenvalue weighted by Crippen LogP contribution is -2.00. The lowest BCUT2D eigenvalue weighted by molar-refractivity contribution is 0.609. The number of pyridine rings is 1. The minimum Gasteiger partial charge on any atom is -0.235 e. The highest BCUT2D eigenvalue weighted by Gasteiger charge is 2.09. The number of fused-ring (bicyclic) bond motifs is 1. The third-order valence-electron chi connectivity index (χ3n) is 2.29. The Balaban J connectivity index is 2.31. The van der Waals surface area contributed by atoms with E-state index in [4.69, 9.17) is 0 Å². The average molecular weight is 214 g/mol. The number of rotatable bonds is 1. The van der Waals surface area contributed by atoms with Crippen LogP contribution in [0.4, 0.5) is 4.39 Å². The van der Waals surface area contributed by atoms with Crippen LogP contribution < -0.4 is 0 Å². The molecule has 2 aromatic heterocycles. The maximum atomic E-state index is 13.6. The molecule has 0 aliphatic rings. The standard InChI is InChI=1S/C11H7FN4/c12-8-4-1-2-6-10(8)16-11-9(14-15-16)5-3-7-13-11/h1-7H. The van der Waals surface area contributed by atoms with Gasteiger partial charge in [-0.15, -0.1) is 5.10 Å². The summed E-state index contributed by atoms with van der Waals surface area (Å²) in [5, 5.41) is 7.81. The molecular formula is C11H7FN4. The summed E-state index contributed by atoms with van der Waals surface area (Å²) in [5.41, 5.74) is 1.54. The molecule has 0 saturated carbocycles. The molecule has 0 saturated heterocycles. The molecule has 1 aromatic carbocycles. The fraction of sp³-hybridized carbons (Fsp3) is 0. The largest absolute Gasteiger partial charge is 0.235 e. The molecule has 0 N–H and O–H groups in total. The number of nitrogens with zero attached hydrogens (tertiary/aromatic N) is 4. The lowest BCUT2D eigenvalue weighted by atomic mass is 10.3. The van der Waals surface area contributed by atoms with Crippen LogP contribution >= 0.6 is 0 Å². The molecule has 0 atom stereocenters. The fourth-order valence-corrected chi connectivity index (χ4v) is 1.55. The monoisotopic (exact) mass is 214 g/mol. The molecule has 0 aliphatic carbocycles. The second-order valence-electron chi connectivity index (χ2n) is 3.30. The van der Waals surface area contributed by atoms with E-state index in [0.717, 1.165) is 0 Å². The first kappa shape index (κ1) is 8.96. The minimum atomic E-state index is -0.347. The van der Waals surface area contributed by atoms with E-state index >= 15 is 0 Å². The van der Waals surface area contributed by atoms with Crippen LogP contribution in [-0.2, 0) is 0 Å². The highest BCUT2D eigenvalue weighted by atomic mass is 19.1. The van der Waals surface area contributed by atoms with Crippen molar-refractivity contribution in [2.24, 2.45) is 0 Å². The van der Waals surface area contributed by atoms with E-state index in [-0.39, 0.29) is 5.82 Å². The summed E-state index contributed by atoms with van der Waals surface area (Å²) in [6.07, 6.45) is 1.63. The number of para-hydroxylation sites is 1. The van der Waals surface area contributed by atoms with Gasteiger partial charge in [0.05, 0.1) is 0 Å². The molecule has 0 aliphatic heterocycles. The molecular weight excluding hydrogens is 207 g/mol. The molecule has 0 amide bonds. The van der Waals surface area contributed by atoms with Gasteiger partial charge in [-0.05, 0) is 24.3 Å². The van der Waals surface area contributed by atoms with Gasteiger partial charge in [0.25, 0.3) is 0 Å². The second-order valence-corrected chi connectivity index (χ2v) is 3.30. The number of hydrogen-bond acceptors (Lipinski definition) is 3. The Hall–Kier alpha value is -2.30. The molecule has 16 heavy (non-hydrogen) atoms. The average Bonchev–Trinajstić information content (AvgIpc) is 2.74. The smallest absolute Gasteiger partial charge is 0.183 e. The molecule has 0 fully saturated rings. The zero-order valence-electron chi connectivity index (χ0n) is 8.21. The van der Waals surface area contributed by atoms with Crippen molar-refractivity contribution >= 4 is 11.2 Å². The molecule has 0 unspecified atom stereocenters. The predicted molar refractivity (Wildman–Crippen MR) is 56.6 cm³/mol. The number of hydrogen-bond donors (Lipinski definition) is 0. The van der Waals surface area contributed by atoms with Crippen molar-refractivity contribution < 1.29 is 4.39 Å². The summed E-state index contributed by atoms with van der Waals surface area (Å²) in [4.78, 5) is 4.13. The summed E-state index contributed by atoms with van der Waals surface area (Å²) in [6.45, 7) is 0. The molecule has 2 heterocycles. The lowest BCUT2D eigenvalue weighted by Gasteiger charge is -2.01. The Morgan fingerprint density at radius 1 is 1.06 bits per heavy atom. The summed E-state index contributed by atoms with van der Waals surface area (Å²) in [7, 11) is 0. The van der Waals surface area contributed by atoms with Crippen molar-refractivity contribution in [1.29, 1.82) is 0 Å². The van der Waals surface area contributed by atoms with Crippen LogP contribution in [0.15, 0.2) is 42.6 Å². The van der Waals surface area contributed by atoms with Crippen molar-refractivity contribution in [3.05, 3.63) is 48.4 Å².